The number of hydrogen-bond donors (Lipinski definition) is 3. The number of halogens is 1. The van der Waals surface area contributed by atoms with Gasteiger partial charge in [-0.1, -0.05) is 36.4 Å². The smallest absolute Gasteiger partial charge is 0.319 e. The zero-order chi connectivity index (χ0) is 17.5. The number of aliphatic hydroxyl groups is 1. The van der Waals surface area contributed by atoms with Gasteiger partial charge in [-0.3, -0.25) is 0 Å². The molecule has 4 nitrogen and oxygen atoms in total. The lowest BCUT2D eigenvalue weighted by Crippen LogP contribution is -2.33. The number of hydrogen-bond acceptors (Lipinski definition) is 2. The van der Waals surface area contributed by atoms with Gasteiger partial charge in [0.05, 0.1) is 11.8 Å². The molecule has 0 aliphatic carbocycles. The van der Waals surface area contributed by atoms with Crippen LogP contribution in [0.15, 0.2) is 48.5 Å². The number of aliphatic hydroxyl groups excluding tert-OH is 1. The normalized spacial score (nSPS) is 13.2. The van der Waals surface area contributed by atoms with Crippen LogP contribution < -0.4 is 10.6 Å². The van der Waals surface area contributed by atoms with Gasteiger partial charge in [-0.25, -0.2) is 9.18 Å². The van der Waals surface area contributed by atoms with E-state index in [0.29, 0.717) is 13.0 Å². The summed E-state index contributed by atoms with van der Waals surface area (Å²) in [6, 6.07) is 13.8. The van der Waals surface area contributed by atoms with E-state index in [0.717, 1.165) is 11.1 Å². The molecular weight excluding hydrogens is 307 g/mol. The summed E-state index contributed by atoms with van der Waals surface area (Å²) in [5.41, 5.74) is 2.06. The van der Waals surface area contributed by atoms with Crippen LogP contribution in [0.1, 0.15) is 30.4 Å². The maximum atomic E-state index is 13.7. The molecule has 0 heterocycles. The third-order valence-electron chi connectivity index (χ3n) is 3.78. The Bertz CT molecular complexity index is 674. The largest absolute Gasteiger partial charge is 0.393 e. The van der Waals surface area contributed by atoms with Crippen molar-refractivity contribution in [2.75, 3.05) is 11.9 Å². The number of nitrogens with one attached hydrogen (secondary N) is 2. The summed E-state index contributed by atoms with van der Waals surface area (Å²) in [7, 11) is 0. The first-order valence-corrected chi connectivity index (χ1v) is 7.99. The first-order valence-electron chi connectivity index (χ1n) is 7.99. The fourth-order valence-electron chi connectivity index (χ4n) is 2.59. The van der Waals surface area contributed by atoms with Crippen LogP contribution in [-0.4, -0.2) is 23.8 Å². The summed E-state index contributed by atoms with van der Waals surface area (Å²) in [6.45, 7) is 3.91. The number of benzene rings is 2. The summed E-state index contributed by atoms with van der Waals surface area (Å²) >= 11 is 0. The number of amides is 2. The predicted molar refractivity (Wildman–Crippen MR) is 93.6 cm³/mol. The van der Waals surface area contributed by atoms with Gasteiger partial charge in [0.1, 0.15) is 5.82 Å². The predicted octanol–water partition coefficient (Wildman–Crippen LogP) is 3.81. The first-order chi connectivity index (χ1) is 11.5. The van der Waals surface area contributed by atoms with Crippen molar-refractivity contribution >= 4 is 11.7 Å². The molecule has 2 rings (SSSR count). The molecule has 2 unspecified atom stereocenters. The Hall–Kier alpha value is -2.40. The zero-order valence-corrected chi connectivity index (χ0v) is 13.9. The van der Waals surface area contributed by atoms with Crippen molar-refractivity contribution < 1.29 is 14.3 Å². The van der Waals surface area contributed by atoms with Crippen molar-refractivity contribution in [2.24, 2.45) is 0 Å². The Morgan fingerprint density at radius 3 is 2.58 bits per heavy atom. The van der Waals surface area contributed by atoms with E-state index in [1.807, 2.05) is 37.3 Å². The molecular formula is C19H23FN2O2. The minimum atomic E-state index is -0.478. The lowest BCUT2D eigenvalue weighted by molar-refractivity contribution is 0.173. The summed E-state index contributed by atoms with van der Waals surface area (Å²) in [6.07, 6.45) is 0.0533. The Morgan fingerprint density at radius 1 is 1.21 bits per heavy atom. The number of carbonyl (C=O) groups is 1. The van der Waals surface area contributed by atoms with Crippen LogP contribution in [0.3, 0.4) is 0 Å². The van der Waals surface area contributed by atoms with Gasteiger partial charge < -0.3 is 15.7 Å². The highest BCUT2D eigenvalue weighted by molar-refractivity contribution is 5.89. The van der Waals surface area contributed by atoms with E-state index in [4.69, 9.17) is 0 Å². The van der Waals surface area contributed by atoms with Crippen molar-refractivity contribution in [3.8, 4) is 0 Å². The minimum absolute atomic E-state index is 0.0145. The molecule has 128 valence electrons. The van der Waals surface area contributed by atoms with Gasteiger partial charge in [0.2, 0.25) is 0 Å². The SMILES string of the molecule is Cc1ccc(F)c(NC(=O)NCC(CC(C)O)c2ccccc2)c1. The van der Waals surface area contributed by atoms with Crippen molar-refractivity contribution in [1.82, 2.24) is 5.32 Å². The minimum Gasteiger partial charge on any atom is -0.393 e. The quantitative estimate of drug-likeness (QED) is 0.754. The highest BCUT2D eigenvalue weighted by Crippen LogP contribution is 2.21. The van der Waals surface area contributed by atoms with E-state index < -0.39 is 18.0 Å². The lowest BCUT2D eigenvalue weighted by atomic mass is 9.93. The standard InChI is InChI=1S/C19H23FN2O2/c1-13-8-9-17(20)18(10-13)22-19(24)21-12-16(11-14(2)23)15-6-4-3-5-7-15/h3-10,14,16,23H,11-12H2,1-2H3,(H2,21,22,24). The second kappa shape index (κ2) is 8.45. The van der Waals surface area contributed by atoms with Gasteiger partial charge >= 0.3 is 6.03 Å². The summed E-state index contributed by atoms with van der Waals surface area (Å²) < 4.78 is 13.7. The monoisotopic (exact) mass is 330 g/mol. The van der Waals surface area contributed by atoms with E-state index >= 15 is 0 Å². The molecule has 0 aromatic heterocycles. The summed E-state index contributed by atoms with van der Waals surface area (Å²) in [4.78, 5) is 12.0. The molecule has 2 aromatic rings. The maximum Gasteiger partial charge on any atom is 0.319 e. The van der Waals surface area contributed by atoms with E-state index in [1.54, 1.807) is 19.1 Å². The topological polar surface area (TPSA) is 61.4 Å². The van der Waals surface area contributed by atoms with Crippen molar-refractivity contribution in [3.05, 3.63) is 65.5 Å². The number of anilines is 1. The van der Waals surface area contributed by atoms with Crippen LogP contribution in [0.25, 0.3) is 0 Å². The molecule has 0 radical (unpaired) electrons. The number of carbonyl (C=O) groups excluding carboxylic acids is 1. The average Bonchev–Trinajstić information content (AvgIpc) is 2.55. The molecule has 0 fully saturated rings. The molecule has 0 aliphatic rings. The summed E-state index contributed by atoms with van der Waals surface area (Å²) in [5, 5.41) is 15.0. The van der Waals surface area contributed by atoms with Crippen LogP contribution in [0.2, 0.25) is 0 Å². The van der Waals surface area contributed by atoms with Crippen LogP contribution in [0.5, 0.6) is 0 Å². The molecule has 24 heavy (non-hydrogen) atoms. The van der Waals surface area contributed by atoms with Crippen LogP contribution in [0.4, 0.5) is 14.9 Å². The third kappa shape index (κ3) is 5.35. The van der Waals surface area contributed by atoms with Crippen molar-refractivity contribution in [2.45, 2.75) is 32.3 Å². The Kier molecular flexibility index (Phi) is 6.32. The number of urea groups is 1. The second-order valence-corrected chi connectivity index (χ2v) is 6.01. The first kappa shape index (κ1) is 17.9. The number of aryl methyl sites for hydroxylation is 1. The van der Waals surface area contributed by atoms with E-state index in [9.17, 15) is 14.3 Å². The molecule has 2 amide bonds. The van der Waals surface area contributed by atoms with Gasteiger partial charge in [-0.2, -0.15) is 0 Å². The van der Waals surface area contributed by atoms with Crippen LogP contribution in [0, 0.1) is 12.7 Å². The molecule has 2 aromatic carbocycles. The van der Waals surface area contributed by atoms with E-state index in [1.165, 1.54) is 6.07 Å². The molecule has 0 aliphatic heterocycles. The maximum absolute atomic E-state index is 13.7. The molecule has 5 heteroatoms. The van der Waals surface area contributed by atoms with E-state index in [-0.39, 0.29) is 11.6 Å². The molecule has 0 saturated heterocycles. The fraction of sp³-hybridized carbons (Fsp3) is 0.316. The van der Waals surface area contributed by atoms with Crippen LogP contribution >= 0.6 is 0 Å². The Balaban J connectivity index is 1.98. The Morgan fingerprint density at radius 2 is 1.92 bits per heavy atom. The second-order valence-electron chi connectivity index (χ2n) is 6.01. The third-order valence-corrected chi connectivity index (χ3v) is 3.78. The van der Waals surface area contributed by atoms with Crippen LogP contribution in [-0.2, 0) is 0 Å². The average molecular weight is 330 g/mol. The van der Waals surface area contributed by atoms with Gasteiger partial charge in [-0.15, -0.1) is 0 Å². The molecule has 0 spiro atoms. The summed E-state index contributed by atoms with van der Waals surface area (Å²) in [5.74, 6) is -0.487. The molecule has 3 N–H and O–H groups in total. The molecule has 0 saturated carbocycles. The highest BCUT2D eigenvalue weighted by Gasteiger charge is 2.16. The van der Waals surface area contributed by atoms with Gasteiger partial charge in [0, 0.05) is 12.5 Å². The highest BCUT2D eigenvalue weighted by atomic mass is 19.1. The van der Waals surface area contributed by atoms with E-state index in [2.05, 4.69) is 10.6 Å². The molecule has 2 atom stereocenters. The molecule has 0 bridgehead atoms. The van der Waals surface area contributed by atoms with Gasteiger partial charge in [-0.05, 0) is 43.5 Å². The number of rotatable bonds is 6. The van der Waals surface area contributed by atoms with Crippen molar-refractivity contribution in [3.63, 3.8) is 0 Å². The Labute approximate surface area is 141 Å². The van der Waals surface area contributed by atoms with Crippen molar-refractivity contribution in [1.29, 1.82) is 0 Å². The van der Waals surface area contributed by atoms with Gasteiger partial charge in [0.25, 0.3) is 0 Å². The van der Waals surface area contributed by atoms with Gasteiger partial charge in [0.15, 0.2) is 0 Å². The fourth-order valence-corrected chi connectivity index (χ4v) is 2.59. The lowest BCUT2D eigenvalue weighted by Gasteiger charge is -2.20. The zero-order valence-electron chi connectivity index (χ0n) is 13.9.